The van der Waals surface area contributed by atoms with Gasteiger partial charge in [0.1, 0.15) is 26.3 Å². The Hall–Kier alpha value is -3.68. The van der Waals surface area contributed by atoms with Crippen molar-refractivity contribution in [3.63, 3.8) is 0 Å². The number of amides is 2. The van der Waals surface area contributed by atoms with E-state index in [2.05, 4.69) is 56.9 Å². The highest BCUT2D eigenvalue weighted by atomic mass is 16.5. The molecule has 0 aliphatic carbocycles. The summed E-state index contributed by atoms with van der Waals surface area (Å²) < 4.78 is 9.97. The van der Waals surface area contributed by atoms with Crippen molar-refractivity contribution in [2.45, 2.75) is 90.6 Å². The average Bonchev–Trinajstić information content (AvgIpc) is 3.53. The Morgan fingerprint density at radius 2 is 1.19 bits per heavy atom. The first kappa shape index (κ1) is 38.8. The number of hydrogen-bond donors (Lipinski definition) is 3. The Morgan fingerprint density at radius 1 is 0.792 bits per heavy atom. The molecule has 0 spiro atoms. The number of β-lactam (4-membered cyclic amide) rings is 2. The minimum absolute atomic E-state index is 0.00131. The van der Waals surface area contributed by atoms with Crippen molar-refractivity contribution in [2.75, 3.05) is 40.4 Å². The molecule has 4 rings (SSSR count). The molecule has 0 radical (unpaired) electrons. The van der Waals surface area contributed by atoms with Gasteiger partial charge in [0.15, 0.2) is 0 Å². The second kappa shape index (κ2) is 17.6. The van der Waals surface area contributed by atoms with E-state index in [1.165, 1.54) is 22.7 Å². The Morgan fingerprint density at radius 3 is 1.52 bits per heavy atom. The Kier molecular flexibility index (Phi) is 14.2. The summed E-state index contributed by atoms with van der Waals surface area (Å²) in [7, 11) is 3.96. The van der Waals surface area contributed by atoms with Gasteiger partial charge in [0, 0.05) is 49.7 Å². The molecule has 0 aromatic carbocycles. The first-order valence-electron chi connectivity index (χ1n) is 16.9. The van der Waals surface area contributed by atoms with Crippen molar-refractivity contribution >= 4 is 23.8 Å². The van der Waals surface area contributed by atoms with Crippen molar-refractivity contribution < 1.29 is 33.8 Å². The molecule has 0 bridgehead atoms. The van der Waals surface area contributed by atoms with Crippen LogP contribution >= 0.6 is 0 Å². The molecule has 2 unspecified atom stereocenters. The highest BCUT2D eigenvalue weighted by Gasteiger charge is 2.50. The molecule has 13 nitrogen and oxygen atoms in total. The molecule has 4 heterocycles. The van der Waals surface area contributed by atoms with Crippen molar-refractivity contribution in [2.24, 2.45) is 17.8 Å². The van der Waals surface area contributed by atoms with Crippen LogP contribution in [0.2, 0.25) is 0 Å². The molecule has 0 saturated carbocycles. The van der Waals surface area contributed by atoms with Gasteiger partial charge in [-0.05, 0) is 64.5 Å². The van der Waals surface area contributed by atoms with Gasteiger partial charge in [-0.15, -0.1) is 0 Å². The van der Waals surface area contributed by atoms with E-state index < -0.39 is 18.0 Å². The number of nitrogens with zero attached hydrogens (tertiary/aromatic N) is 4. The summed E-state index contributed by atoms with van der Waals surface area (Å²) in [6.07, 6.45) is 9.98. The third-order valence-corrected chi connectivity index (χ3v) is 9.54. The predicted octanol–water partition coefficient (Wildman–Crippen LogP) is 2.13. The molecule has 4 aliphatic heterocycles. The molecule has 2 amide bonds. The number of esters is 2. The number of carbonyl (C=O) groups is 4. The van der Waals surface area contributed by atoms with Gasteiger partial charge < -0.3 is 34.4 Å². The number of aliphatic hydroxyl groups excluding tert-OH is 1. The fourth-order valence-corrected chi connectivity index (χ4v) is 6.83. The van der Waals surface area contributed by atoms with Gasteiger partial charge in [-0.1, -0.05) is 39.2 Å². The van der Waals surface area contributed by atoms with E-state index in [4.69, 9.17) is 9.47 Å². The van der Waals surface area contributed by atoms with E-state index in [0.29, 0.717) is 6.42 Å². The van der Waals surface area contributed by atoms with Crippen molar-refractivity contribution in [1.29, 1.82) is 0 Å². The summed E-state index contributed by atoms with van der Waals surface area (Å²) in [6, 6.07) is 0.452. The van der Waals surface area contributed by atoms with Gasteiger partial charge in [0.05, 0.1) is 17.9 Å². The van der Waals surface area contributed by atoms with Crippen LogP contribution in [0.1, 0.15) is 60.3 Å². The van der Waals surface area contributed by atoms with Crippen LogP contribution < -0.4 is 10.9 Å². The summed E-state index contributed by atoms with van der Waals surface area (Å²) in [4.78, 5) is 51.4. The smallest absolute Gasteiger partial charge is 0.325 e. The van der Waals surface area contributed by atoms with Crippen molar-refractivity contribution in [3.8, 4) is 0 Å². The standard InChI is InChI=1S/C18H29N3O3.C17H27N3O4/c1-6-9-24-16(22)11-21-15(17(12(2)3)18(21)23)8-7-14-10-13(4)20(5)19-14;1-5-8-24-15(22)10-20-14(16(12(3)21)17(20)23)7-6-13-9-11(2)19(4)18-13/h6,10,12,14-15,17,19H,1,7-9,11H2,2-5H3;5,9,12-14,16,18,21H,1,6-8,10H2,2-4H3/t14?,15-,17-;12-,13?,14-,16-/m11/s1. The molecule has 268 valence electrons. The lowest BCUT2D eigenvalue weighted by Crippen LogP contribution is -2.65. The lowest BCUT2D eigenvalue weighted by Gasteiger charge is -2.49. The van der Waals surface area contributed by atoms with Gasteiger partial charge in [-0.3, -0.25) is 19.2 Å². The van der Waals surface area contributed by atoms with Crippen LogP contribution in [0.25, 0.3) is 0 Å². The minimum atomic E-state index is -0.723. The van der Waals surface area contributed by atoms with E-state index in [1.807, 2.05) is 31.0 Å². The Bertz CT molecular complexity index is 1160. The Balaban J connectivity index is 0.000000260. The lowest BCUT2D eigenvalue weighted by molar-refractivity contribution is -0.171. The molecular weight excluding hydrogens is 616 g/mol. The predicted molar refractivity (Wildman–Crippen MR) is 182 cm³/mol. The van der Waals surface area contributed by atoms with Gasteiger partial charge in [-0.2, -0.15) is 0 Å². The topological polar surface area (TPSA) is 144 Å². The number of rotatable bonds is 16. The maximum absolute atomic E-state index is 12.4. The average molecular weight is 673 g/mol. The molecule has 13 heteroatoms. The maximum atomic E-state index is 12.4. The van der Waals surface area contributed by atoms with Crippen LogP contribution in [-0.4, -0.2) is 119 Å². The maximum Gasteiger partial charge on any atom is 0.325 e. The molecule has 0 aromatic heterocycles. The van der Waals surface area contributed by atoms with Gasteiger partial charge in [0.2, 0.25) is 11.8 Å². The summed E-state index contributed by atoms with van der Waals surface area (Å²) in [6.45, 7) is 17.1. The molecule has 48 heavy (non-hydrogen) atoms. The number of aliphatic hydroxyl groups is 1. The second-order valence-electron chi connectivity index (χ2n) is 13.4. The molecule has 0 aromatic rings. The van der Waals surface area contributed by atoms with Gasteiger partial charge in [0.25, 0.3) is 0 Å². The molecule has 2 saturated heterocycles. The van der Waals surface area contributed by atoms with Crippen LogP contribution in [0.5, 0.6) is 0 Å². The SMILES string of the molecule is C=CCOC(=O)CN1C(=O)[C@H](C(C)C)[C@H]1CCC1C=C(C)N(C)N1.C=CCOC(=O)CN1C(=O)[C@H]([C@@H](C)O)[C@H]1CCC1C=C(C)N(C)N1. The third kappa shape index (κ3) is 9.70. The summed E-state index contributed by atoms with van der Waals surface area (Å²) in [5.41, 5.74) is 9.06. The van der Waals surface area contributed by atoms with Crippen LogP contribution in [0.3, 0.4) is 0 Å². The van der Waals surface area contributed by atoms with Crippen LogP contribution in [0, 0.1) is 17.8 Å². The van der Waals surface area contributed by atoms with Crippen LogP contribution in [-0.2, 0) is 28.7 Å². The van der Waals surface area contributed by atoms with E-state index in [-0.39, 0.29) is 80.1 Å². The lowest BCUT2D eigenvalue weighted by atomic mass is 9.76. The molecule has 7 atom stereocenters. The quantitative estimate of drug-likeness (QED) is 0.126. The van der Waals surface area contributed by atoms with Gasteiger partial charge in [-0.25, -0.2) is 10.9 Å². The molecule has 4 aliphatic rings. The summed E-state index contributed by atoms with van der Waals surface area (Å²) in [5.74, 6) is -1.11. The third-order valence-electron chi connectivity index (χ3n) is 9.54. The zero-order chi connectivity index (χ0) is 35.7. The van der Waals surface area contributed by atoms with Crippen LogP contribution in [0.15, 0.2) is 48.9 Å². The first-order chi connectivity index (χ1) is 22.7. The Labute approximate surface area is 285 Å². The highest BCUT2D eigenvalue weighted by Crippen LogP contribution is 2.36. The van der Waals surface area contributed by atoms with E-state index in [0.717, 1.165) is 25.0 Å². The fraction of sp³-hybridized carbons (Fsp3) is 0.657. The molecule has 2 fully saturated rings. The number of carbonyl (C=O) groups excluding carboxylic acids is 4. The number of nitrogens with one attached hydrogen (secondary N) is 2. The molecular formula is C35H56N6O7. The number of hydrogen-bond acceptors (Lipinski definition) is 11. The molecule has 3 N–H and O–H groups in total. The number of likely N-dealkylation sites (tertiary alicyclic amines) is 2. The number of hydrazine groups is 2. The van der Waals surface area contributed by atoms with E-state index >= 15 is 0 Å². The van der Waals surface area contributed by atoms with Gasteiger partial charge >= 0.3 is 11.9 Å². The normalized spacial score (nSPS) is 27.0. The first-order valence-corrected chi connectivity index (χ1v) is 16.9. The minimum Gasteiger partial charge on any atom is -0.460 e. The summed E-state index contributed by atoms with van der Waals surface area (Å²) >= 11 is 0. The van der Waals surface area contributed by atoms with E-state index in [9.17, 15) is 24.3 Å². The number of ether oxygens (including phenoxy) is 2. The number of allylic oxidation sites excluding steroid dienone is 2. The van der Waals surface area contributed by atoms with Crippen LogP contribution in [0.4, 0.5) is 0 Å². The largest absolute Gasteiger partial charge is 0.460 e. The van der Waals surface area contributed by atoms with E-state index in [1.54, 1.807) is 11.8 Å². The second-order valence-corrected chi connectivity index (χ2v) is 13.4. The highest BCUT2D eigenvalue weighted by molar-refractivity contribution is 5.90. The van der Waals surface area contributed by atoms with Crippen molar-refractivity contribution in [1.82, 2.24) is 30.7 Å². The monoisotopic (exact) mass is 672 g/mol. The zero-order valence-corrected chi connectivity index (χ0v) is 29.7. The fourth-order valence-electron chi connectivity index (χ4n) is 6.83. The van der Waals surface area contributed by atoms with Crippen molar-refractivity contribution in [3.05, 3.63) is 48.9 Å². The summed E-state index contributed by atoms with van der Waals surface area (Å²) in [5, 5.41) is 13.8. The zero-order valence-electron chi connectivity index (χ0n) is 29.7.